The molecular formula is C18H27NO3. The number of rotatable bonds is 5. The van der Waals surface area contributed by atoms with E-state index in [2.05, 4.69) is 24.4 Å². The Labute approximate surface area is 132 Å². The summed E-state index contributed by atoms with van der Waals surface area (Å²) in [5, 5.41) is 34.4. The number of nitrogens with one attached hydrogen (secondary N) is 1. The van der Waals surface area contributed by atoms with Gasteiger partial charge in [-0.1, -0.05) is 37.6 Å². The fourth-order valence-corrected chi connectivity index (χ4v) is 3.72. The summed E-state index contributed by atoms with van der Waals surface area (Å²) in [6.07, 6.45) is 2.87. The smallest absolute Gasteiger partial charge is 0.0927 e. The number of hydrogen-bond donors (Lipinski definition) is 4. The van der Waals surface area contributed by atoms with Crippen LogP contribution in [0.3, 0.4) is 0 Å². The molecule has 1 aliphatic carbocycles. The molecule has 1 aliphatic heterocycles. The maximum absolute atomic E-state index is 10.8. The van der Waals surface area contributed by atoms with Crippen molar-refractivity contribution in [3.8, 4) is 0 Å². The molecule has 1 saturated carbocycles. The Bertz CT molecular complexity index is 498. The highest BCUT2D eigenvalue weighted by Gasteiger charge is 2.58. The number of unbranched alkanes of at least 4 members (excludes halogenated alkanes) is 1. The van der Waals surface area contributed by atoms with Crippen LogP contribution in [0.4, 0.5) is 0 Å². The average Bonchev–Trinajstić information content (AvgIpc) is 3.30. The van der Waals surface area contributed by atoms with Crippen LogP contribution in [0, 0.1) is 5.92 Å². The van der Waals surface area contributed by atoms with Gasteiger partial charge in [0.2, 0.25) is 0 Å². The Morgan fingerprint density at radius 2 is 1.91 bits per heavy atom. The molecule has 1 heterocycles. The second-order valence-corrected chi connectivity index (χ2v) is 6.91. The summed E-state index contributed by atoms with van der Waals surface area (Å²) in [7, 11) is 0. The Morgan fingerprint density at radius 1 is 1.23 bits per heavy atom. The molecule has 0 aromatic heterocycles. The summed E-state index contributed by atoms with van der Waals surface area (Å²) < 4.78 is 0. The maximum Gasteiger partial charge on any atom is 0.0927 e. The van der Waals surface area contributed by atoms with Gasteiger partial charge in [-0.2, -0.15) is 0 Å². The standard InChI is InChI=1S/C18H27NO3/c1-2-3-4-12-5-7-13(8-6-12)16(21)15-17(22)14(20)11-19-18(15)9-10-18/h5-8,14-17,19-22H,2-4,9-11H2,1H3. The minimum Gasteiger partial charge on any atom is -0.390 e. The van der Waals surface area contributed by atoms with E-state index in [-0.39, 0.29) is 11.5 Å². The summed E-state index contributed by atoms with van der Waals surface area (Å²) in [4.78, 5) is 0. The third-order valence-electron chi connectivity index (χ3n) is 5.33. The van der Waals surface area contributed by atoms with Crippen LogP contribution in [0.2, 0.25) is 0 Å². The summed E-state index contributed by atoms with van der Waals surface area (Å²) in [6, 6.07) is 8.04. The zero-order chi connectivity index (χ0) is 15.7. The predicted octanol–water partition coefficient (Wildman–Crippen LogP) is 1.54. The van der Waals surface area contributed by atoms with Crippen molar-refractivity contribution in [1.82, 2.24) is 5.32 Å². The number of hydrogen-bond acceptors (Lipinski definition) is 4. The van der Waals surface area contributed by atoms with Crippen LogP contribution in [-0.2, 0) is 6.42 Å². The van der Waals surface area contributed by atoms with E-state index < -0.39 is 18.3 Å². The molecule has 0 radical (unpaired) electrons. The van der Waals surface area contributed by atoms with Crippen LogP contribution < -0.4 is 5.32 Å². The van der Waals surface area contributed by atoms with Crippen molar-refractivity contribution in [2.24, 2.45) is 5.92 Å². The van der Waals surface area contributed by atoms with Crippen molar-refractivity contribution in [2.75, 3.05) is 6.54 Å². The molecule has 1 spiro atoms. The Hall–Kier alpha value is -0.940. The lowest BCUT2D eigenvalue weighted by atomic mass is 9.78. The van der Waals surface area contributed by atoms with Crippen LogP contribution in [0.25, 0.3) is 0 Å². The monoisotopic (exact) mass is 305 g/mol. The molecule has 2 aliphatic rings. The van der Waals surface area contributed by atoms with Gasteiger partial charge in [-0.25, -0.2) is 0 Å². The van der Waals surface area contributed by atoms with Gasteiger partial charge in [0.1, 0.15) is 0 Å². The third-order valence-corrected chi connectivity index (χ3v) is 5.33. The number of aryl methyl sites for hydroxylation is 1. The van der Waals surface area contributed by atoms with Crippen LogP contribution in [0.1, 0.15) is 49.8 Å². The largest absolute Gasteiger partial charge is 0.390 e. The zero-order valence-electron chi connectivity index (χ0n) is 13.2. The van der Waals surface area contributed by atoms with Crippen molar-refractivity contribution < 1.29 is 15.3 Å². The van der Waals surface area contributed by atoms with Gasteiger partial charge in [0.15, 0.2) is 0 Å². The van der Waals surface area contributed by atoms with Gasteiger partial charge in [-0.05, 0) is 36.8 Å². The van der Waals surface area contributed by atoms with E-state index in [4.69, 9.17) is 0 Å². The molecule has 0 amide bonds. The first-order valence-electron chi connectivity index (χ1n) is 8.45. The SMILES string of the molecule is CCCCc1ccc(C(O)C2C(O)C(O)CNC23CC3)cc1. The quantitative estimate of drug-likeness (QED) is 0.666. The van der Waals surface area contributed by atoms with E-state index in [0.717, 1.165) is 24.8 Å². The first kappa shape index (κ1) is 15.9. The lowest BCUT2D eigenvalue weighted by Gasteiger charge is -2.42. The van der Waals surface area contributed by atoms with Gasteiger partial charge in [0, 0.05) is 18.0 Å². The molecule has 3 rings (SSSR count). The second-order valence-electron chi connectivity index (χ2n) is 6.91. The lowest BCUT2D eigenvalue weighted by Crippen LogP contribution is -2.59. The highest BCUT2D eigenvalue weighted by Crippen LogP contribution is 2.51. The van der Waals surface area contributed by atoms with E-state index in [1.54, 1.807) is 0 Å². The fourth-order valence-electron chi connectivity index (χ4n) is 3.72. The van der Waals surface area contributed by atoms with Crippen molar-refractivity contribution in [3.63, 3.8) is 0 Å². The minimum absolute atomic E-state index is 0.195. The highest BCUT2D eigenvalue weighted by molar-refractivity contribution is 5.27. The molecule has 1 aromatic rings. The normalized spacial score (nSPS) is 31.2. The van der Waals surface area contributed by atoms with Crippen LogP contribution >= 0.6 is 0 Å². The van der Waals surface area contributed by atoms with Crippen LogP contribution in [0.5, 0.6) is 0 Å². The molecule has 0 bridgehead atoms. The maximum atomic E-state index is 10.8. The van der Waals surface area contributed by atoms with E-state index in [9.17, 15) is 15.3 Å². The van der Waals surface area contributed by atoms with E-state index in [1.165, 1.54) is 18.4 Å². The molecular weight excluding hydrogens is 278 g/mol. The van der Waals surface area contributed by atoms with Gasteiger partial charge < -0.3 is 20.6 Å². The fraction of sp³-hybridized carbons (Fsp3) is 0.667. The summed E-state index contributed by atoms with van der Waals surface area (Å²) in [6.45, 7) is 2.58. The van der Waals surface area contributed by atoms with Crippen molar-refractivity contribution in [3.05, 3.63) is 35.4 Å². The van der Waals surface area contributed by atoms with E-state index >= 15 is 0 Å². The molecule has 4 N–H and O–H groups in total. The second kappa shape index (κ2) is 6.28. The van der Waals surface area contributed by atoms with Crippen LogP contribution in [0.15, 0.2) is 24.3 Å². The summed E-state index contributed by atoms with van der Waals surface area (Å²) >= 11 is 0. The van der Waals surface area contributed by atoms with Crippen molar-refractivity contribution >= 4 is 0 Å². The Balaban J connectivity index is 1.75. The summed E-state index contributed by atoms with van der Waals surface area (Å²) in [5.41, 5.74) is 1.91. The predicted molar refractivity (Wildman–Crippen MR) is 85.5 cm³/mol. The van der Waals surface area contributed by atoms with Gasteiger partial charge in [0.05, 0.1) is 18.3 Å². The minimum atomic E-state index is -0.876. The highest BCUT2D eigenvalue weighted by atomic mass is 16.3. The van der Waals surface area contributed by atoms with E-state index in [1.807, 2.05) is 12.1 Å². The van der Waals surface area contributed by atoms with Gasteiger partial charge in [-0.15, -0.1) is 0 Å². The molecule has 1 saturated heterocycles. The number of aliphatic hydroxyl groups excluding tert-OH is 3. The molecule has 4 nitrogen and oxygen atoms in total. The van der Waals surface area contributed by atoms with E-state index in [0.29, 0.717) is 6.54 Å². The lowest BCUT2D eigenvalue weighted by molar-refractivity contribution is -0.0989. The number of piperidine rings is 1. The van der Waals surface area contributed by atoms with Gasteiger partial charge in [0.25, 0.3) is 0 Å². The Kier molecular flexibility index (Phi) is 4.55. The Morgan fingerprint density at radius 3 is 2.50 bits per heavy atom. The third kappa shape index (κ3) is 2.93. The molecule has 4 atom stereocenters. The molecule has 1 aromatic carbocycles. The van der Waals surface area contributed by atoms with Gasteiger partial charge >= 0.3 is 0 Å². The molecule has 4 unspecified atom stereocenters. The first-order chi connectivity index (χ1) is 10.6. The number of benzene rings is 1. The van der Waals surface area contributed by atoms with Crippen molar-refractivity contribution in [1.29, 1.82) is 0 Å². The van der Waals surface area contributed by atoms with Crippen molar-refractivity contribution in [2.45, 2.75) is 62.9 Å². The first-order valence-corrected chi connectivity index (χ1v) is 8.45. The summed E-state index contributed by atoms with van der Waals surface area (Å²) in [5.74, 6) is -0.349. The topological polar surface area (TPSA) is 72.7 Å². The molecule has 4 heteroatoms. The van der Waals surface area contributed by atoms with Crippen LogP contribution in [-0.4, -0.2) is 39.6 Å². The van der Waals surface area contributed by atoms with Gasteiger partial charge in [-0.3, -0.25) is 0 Å². The average molecular weight is 305 g/mol. The molecule has 122 valence electrons. The number of aliphatic hydroxyl groups is 3. The number of β-amino-alcohol motifs (C(OH)–C–C–N with tert-alkyl or cyclic N) is 1. The zero-order valence-corrected chi connectivity index (χ0v) is 13.2. The molecule has 2 fully saturated rings. The molecule has 22 heavy (non-hydrogen) atoms.